The molecule has 0 fully saturated rings. The van der Waals surface area contributed by atoms with Gasteiger partial charge in [0.2, 0.25) is 5.91 Å². The summed E-state index contributed by atoms with van der Waals surface area (Å²) in [7, 11) is 0. The number of rotatable bonds is 5. The molecule has 0 aliphatic heterocycles. The number of amides is 2. The Kier molecular flexibility index (Phi) is 5.69. The minimum Gasteiger partial charge on any atom is -0.350 e. The van der Waals surface area contributed by atoms with E-state index in [1.54, 1.807) is 30.3 Å². The van der Waals surface area contributed by atoms with Crippen LogP contribution in [0.25, 0.3) is 0 Å². The van der Waals surface area contributed by atoms with Crippen molar-refractivity contribution in [2.24, 2.45) is 0 Å². The zero-order valence-electron chi connectivity index (χ0n) is 13.7. The molecule has 0 heterocycles. The summed E-state index contributed by atoms with van der Waals surface area (Å²) in [5.41, 5.74) is 2.74. The maximum Gasteiger partial charge on any atom is 0.251 e. The number of aryl methyl sites for hydroxylation is 1. The van der Waals surface area contributed by atoms with Crippen molar-refractivity contribution in [3.63, 3.8) is 0 Å². The molecule has 0 aliphatic rings. The van der Waals surface area contributed by atoms with E-state index in [2.05, 4.69) is 11.4 Å². The van der Waals surface area contributed by atoms with Crippen LogP contribution in [0.5, 0.6) is 0 Å². The molecule has 0 atom stereocenters. The summed E-state index contributed by atoms with van der Waals surface area (Å²) in [6.07, 6.45) is 0. The van der Waals surface area contributed by atoms with Crippen LogP contribution in [-0.2, 0) is 4.79 Å². The molecule has 0 bridgehead atoms. The lowest BCUT2D eigenvalue weighted by Crippen LogP contribution is -2.37. The molecule has 2 amide bonds. The van der Waals surface area contributed by atoms with E-state index in [0.717, 1.165) is 5.56 Å². The smallest absolute Gasteiger partial charge is 0.251 e. The third kappa shape index (κ3) is 4.43. The number of hydrogen-bond donors (Lipinski definition) is 1. The van der Waals surface area contributed by atoms with Crippen molar-refractivity contribution in [2.75, 3.05) is 18.0 Å². The number of nitrogens with zero attached hydrogens (tertiary/aromatic N) is 2. The predicted molar refractivity (Wildman–Crippen MR) is 92.7 cm³/mol. The van der Waals surface area contributed by atoms with Gasteiger partial charge in [-0.3, -0.25) is 9.59 Å². The average Bonchev–Trinajstić information content (AvgIpc) is 2.58. The number of benzene rings is 2. The first-order chi connectivity index (χ1) is 11.5. The highest BCUT2D eigenvalue weighted by Crippen LogP contribution is 2.15. The van der Waals surface area contributed by atoms with Gasteiger partial charge in [0.15, 0.2) is 0 Å². The zero-order chi connectivity index (χ0) is 17.5. The van der Waals surface area contributed by atoms with Crippen molar-refractivity contribution >= 4 is 17.5 Å². The van der Waals surface area contributed by atoms with Crippen LogP contribution in [0, 0.1) is 18.3 Å². The summed E-state index contributed by atoms with van der Waals surface area (Å²) in [5.74, 6) is -0.317. The van der Waals surface area contributed by atoms with Crippen LogP contribution in [0.2, 0.25) is 0 Å². The highest BCUT2D eigenvalue weighted by atomic mass is 16.2. The van der Waals surface area contributed by atoms with Crippen LogP contribution in [0.3, 0.4) is 0 Å². The molecule has 2 aromatic carbocycles. The van der Waals surface area contributed by atoms with Crippen LogP contribution in [0.4, 0.5) is 5.69 Å². The summed E-state index contributed by atoms with van der Waals surface area (Å²) in [5, 5.41) is 11.8. The zero-order valence-corrected chi connectivity index (χ0v) is 13.7. The van der Waals surface area contributed by atoms with Crippen molar-refractivity contribution in [1.82, 2.24) is 5.32 Å². The molecule has 122 valence electrons. The molecule has 0 aromatic heterocycles. The molecule has 2 rings (SSSR count). The number of carbonyl (C=O) groups excluding carboxylic acids is 2. The Balaban J connectivity index is 2.01. The third-order valence-corrected chi connectivity index (χ3v) is 3.57. The highest BCUT2D eigenvalue weighted by Gasteiger charge is 2.13. The number of hydrogen-bond acceptors (Lipinski definition) is 3. The second kappa shape index (κ2) is 7.93. The fourth-order valence-corrected chi connectivity index (χ4v) is 2.38. The van der Waals surface area contributed by atoms with Gasteiger partial charge in [0.05, 0.1) is 11.6 Å². The van der Waals surface area contributed by atoms with E-state index < -0.39 is 0 Å². The first-order valence-electron chi connectivity index (χ1n) is 7.64. The number of nitriles is 1. The average molecular weight is 321 g/mol. The molecule has 0 radical (unpaired) electrons. The Hall–Kier alpha value is -3.13. The first-order valence-corrected chi connectivity index (χ1v) is 7.64. The van der Waals surface area contributed by atoms with E-state index in [-0.39, 0.29) is 11.8 Å². The van der Waals surface area contributed by atoms with Gasteiger partial charge in [-0.05, 0) is 37.3 Å². The van der Waals surface area contributed by atoms with Gasteiger partial charge in [-0.15, -0.1) is 0 Å². The lowest BCUT2D eigenvalue weighted by molar-refractivity contribution is -0.116. The van der Waals surface area contributed by atoms with E-state index >= 15 is 0 Å². The Labute approximate surface area is 141 Å². The summed E-state index contributed by atoms with van der Waals surface area (Å²) < 4.78 is 0. The SMILES string of the molecule is CC(=O)N(CCNC(=O)c1cccc(C)c1)c1cccc(C#N)c1. The Morgan fingerprint density at radius 3 is 2.58 bits per heavy atom. The van der Waals surface area contributed by atoms with Crippen LogP contribution in [0.1, 0.15) is 28.4 Å². The van der Waals surface area contributed by atoms with Crippen LogP contribution in [-0.4, -0.2) is 24.9 Å². The Bertz CT molecular complexity index is 793. The number of carbonyl (C=O) groups is 2. The fourth-order valence-electron chi connectivity index (χ4n) is 2.38. The summed E-state index contributed by atoms with van der Waals surface area (Å²) in [6.45, 7) is 4.04. The lowest BCUT2D eigenvalue weighted by atomic mass is 10.1. The van der Waals surface area contributed by atoms with Gasteiger partial charge in [0.25, 0.3) is 5.91 Å². The van der Waals surface area contributed by atoms with E-state index in [1.807, 2.05) is 25.1 Å². The van der Waals surface area contributed by atoms with Gasteiger partial charge in [-0.2, -0.15) is 5.26 Å². The van der Waals surface area contributed by atoms with Crippen molar-refractivity contribution in [3.05, 3.63) is 65.2 Å². The minimum absolute atomic E-state index is 0.144. The van der Waals surface area contributed by atoms with Crippen molar-refractivity contribution in [1.29, 1.82) is 5.26 Å². The molecular weight excluding hydrogens is 302 g/mol. The maximum absolute atomic E-state index is 12.1. The van der Waals surface area contributed by atoms with E-state index in [9.17, 15) is 9.59 Å². The van der Waals surface area contributed by atoms with Crippen LogP contribution >= 0.6 is 0 Å². The molecule has 5 heteroatoms. The number of nitrogens with one attached hydrogen (secondary N) is 1. The van der Waals surface area contributed by atoms with Crippen molar-refractivity contribution in [2.45, 2.75) is 13.8 Å². The van der Waals surface area contributed by atoms with Crippen molar-refractivity contribution in [3.8, 4) is 6.07 Å². The van der Waals surface area contributed by atoms with Gasteiger partial charge in [0.1, 0.15) is 0 Å². The third-order valence-electron chi connectivity index (χ3n) is 3.57. The molecular formula is C19H19N3O2. The number of anilines is 1. The standard InChI is InChI=1S/C19H19N3O2/c1-14-5-3-7-17(11-14)19(24)21-9-10-22(15(2)23)18-8-4-6-16(12-18)13-20/h3-8,11-12H,9-10H2,1-2H3,(H,21,24). The summed E-state index contributed by atoms with van der Waals surface area (Å²) in [6, 6.07) is 16.2. The molecule has 1 N–H and O–H groups in total. The lowest BCUT2D eigenvalue weighted by Gasteiger charge is -2.21. The highest BCUT2D eigenvalue weighted by molar-refractivity contribution is 5.95. The molecule has 0 spiro atoms. The first kappa shape index (κ1) is 17.2. The van der Waals surface area contributed by atoms with Gasteiger partial charge in [-0.1, -0.05) is 23.8 Å². The van der Waals surface area contributed by atoms with E-state index in [1.165, 1.54) is 11.8 Å². The molecule has 5 nitrogen and oxygen atoms in total. The molecule has 0 unspecified atom stereocenters. The van der Waals surface area contributed by atoms with Gasteiger partial charge >= 0.3 is 0 Å². The van der Waals surface area contributed by atoms with Crippen LogP contribution < -0.4 is 10.2 Å². The summed E-state index contributed by atoms with van der Waals surface area (Å²) in [4.78, 5) is 25.5. The molecule has 0 saturated heterocycles. The maximum atomic E-state index is 12.1. The minimum atomic E-state index is -0.173. The van der Waals surface area contributed by atoms with E-state index in [0.29, 0.717) is 29.9 Å². The Morgan fingerprint density at radius 1 is 1.17 bits per heavy atom. The fraction of sp³-hybridized carbons (Fsp3) is 0.211. The van der Waals surface area contributed by atoms with Gasteiger partial charge < -0.3 is 10.2 Å². The largest absolute Gasteiger partial charge is 0.350 e. The van der Waals surface area contributed by atoms with E-state index in [4.69, 9.17) is 5.26 Å². The molecule has 2 aromatic rings. The van der Waals surface area contributed by atoms with Crippen molar-refractivity contribution < 1.29 is 9.59 Å². The van der Waals surface area contributed by atoms with Gasteiger partial charge in [0, 0.05) is 31.3 Å². The summed E-state index contributed by atoms with van der Waals surface area (Å²) >= 11 is 0. The molecule has 0 aliphatic carbocycles. The van der Waals surface area contributed by atoms with Crippen LogP contribution in [0.15, 0.2) is 48.5 Å². The quantitative estimate of drug-likeness (QED) is 0.920. The topological polar surface area (TPSA) is 73.2 Å². The molecule has 24 heavy (non-hydrogen) atoms. The monoisotopic (exact) mass is 321 g/mol. The molecule has 0 saturated carbocycles. The Morgan fingerprint density at radius 2 is 1.92 bits per heavy atom. The second-order valence-electron chi connectivity index (χ2n) is 5.46. The van der Waals surface area contributed by atoms with Gasteiger partial charge in [-0.25, -0.2) is 0 Å². The normalized spacial score (nSPS) is 9.88. The second-order valence-corrected chi connectivity index (χ2v) is 5.46. The predicted octanol–water partition coefficient (Wildman–Crippen LogP) is 2.65.